The number of nitrogens with zero attached hydrogens (tertiary/aromatic N) is 1. The molecule has 0 bridgehead atoms. The Bertz CT molecular complexity index is 570. The van der Waals surface area contributed by atoms with E-state index in [0.717, 1.165) is 6.54 Å². The molecular weight excluding hydrogens is 356 g/mol. The molecule has 6 nitrogen and oxygen atoms in total. The molecule has 2 atom stereocenters. The Morgan fingerprint density at radius 3 is 2.12 bits per heavy atom. The van der Waals surface area contributed by atoms with Crippen molar-refractivity contribution in [1.29, 1.82) is 0 Å². The molecule has 0 spiro atoms. The molecule has 2 rings (SSSR count). The van der Waals surface area contributed by atoms with E-state index in [4.69, 9.17) is 14.2 Å². The topological polar surface area (TPSA) is 60.0 Å². The lowest BCUT2D eigenvalue weighted by Crippen LogP contribution is -2.57. The van der Waals surface area contributed by atoms with Crippen LogP contribution in [0.25, 0.3) is 0 Å². The zero-order valence-corrected chi connectivity index (χ0v) is 17.1. The Balaban J connectivity index is 0.00000338. The lowest BCUT2D eigenvalue weighted by Gasteiger charge is -2.38. The summed E-state index contributed by atoms with van der Waals surface area (Å²) in [5.41, 5.74) is 0.566. The monoisotopic (exact) mass is 386 g/mol. The van der Waals surface area contributed by atoms with Gasteiger partial charge in [-0.05, 0) is 46.8 Å². The van der Waals surface area contributed by atoms with Gasteiger partial charge in [-0.15, -0.1) is 12.4 Å². The molecule has 1 aromatic carbocycles. The molecule has 1 aliphatic rings. The highest BCUT2D eigenvalue weighted by atomic mass is 35.5. The Kier molecular flexibility index (Phi) is 9.02. The summed E-state index contributed by atoms with van der Waals surface area (Å²) in [5.74, 6) is 1.65. The summed E-state index contributed by atoms with van der Waals surface area (Å²) in [6.07, 6.45) is 0. The van der Waals surface area contributed by atoms with Gasteiger partial charge in [0, 0.05) is 30.7 Å². The van der Waals surface area contributed by atoms with E-state index in [2.05, 4.69) is 19.2 Å². The molecule has 0 aliphatic carbocycles. The summed E-state index contributed by atoms with van der Waals surface area (Å²) >= 11 is 0. The van der Waals surface area contributed by atoms with Gasteiger partial charge in [0.15, 0.2) is 11.5 Å². The zero-order valence-electron chi connectivity index (χ0n) is 16.3. The molecule has 7 heteroatoms. The highest BCUT2D eigenvalue weighted by Gasteiger charge is 2.30. The van der Waals surface area contributed by atoms with Crippen molar-refractivity contribution < 1.29 is 19.0 Å². The molecule has 1 saturated heterocycles. The van der Waals surface area contributed by atoms with E-state index in [0.29, 0.717) is 49.2 Å². The van der Waals surface area contributed by atoms with Crippen LogP contribution in [0, 0.1) is 0 Å². The van der Waals surface area contributed by atoms with Gasteiger partial charge < -0.3 is 24.4 Å². The largest absolute Gasteiger partial charge is 0.490 e. The predicted octanol–water partition coefficient (Wildman–Crippen LogP) is 3.13. The summed E-state index contributed by atoms with van der Waals surface area (Å²) < 4.78 is 17.1. The number of piperazine rings is 1. The fraction of sp³-hybridized carbons (Fsp3) is 0.632. The van der Waals surface area contributed by atoms with Gasteiger partial charge in [-0.2, -0.15) is 0 Å². The maximum Gasteiger partial charge on any atom is 0.254 e. The molecule has 1 aliphatic heterocycles. The standard InChI is InChI=1S/C19H30N2O4.ClH/c1-6-23-16-11-15(12-17(24-7-2)18(16)25-8-3)19(22)21-10-9-20-13(4)14(21)5;/h11-14,20H,6-10H2,1-5H3;1H. The van der Waals surface area contributed by atoms with Gasteiger partial charge >= 0.3 is 0 Å². The van der Waals surface area contributed by atoms with Crippen LogP contribution in [0.3, 0.4) is 0 Å². The van der Waals surface area contributed by atoms with Crippen LogP contribution in [0.2, 0.25) is 0 Å². The lowest BCUT2D eigenvalue weighted by molar-refractivity contribution is 0.0602. The number of carbonyl (C=O) groups excluding carboxylic acids is 1. The molecule has 26 heavy (non-hydrogen) atoms. The zero-order chi connectivity index (χ0) is 18.4. The average Bonchev–Trinajstić information content (AvgIpc) is 2.59. The quantitative estimate of drug-likeness (QED) is 0.780. The second-order valence-electron chi connectivity index (χ2n) is 6.08. The van der Waals surface area contributed by atoms with Crippen LogP contribution in [0.5, 0.6) is 17.2 Å². The number of amides is 1. The third kappa shape index (κ3) is 4.95. The number of halogens is 1. The minimum atomic E-state index is -0.00851. The first kappa shape index (κ1) is 22.4. The molecule has 1 amide bonds. The SMILES string of the molecule is CCOc1cc(C(=O)N2CCNC(C)C2C)cc(OCC)c1OCC.Cl. The molecule has 1 fully saturated rings. The van der Waals surface area contributed by atoms with E-state index >= 15 is 0 Å². The first-order valence-corrected chi connectivity index (χ1v) is 9.14. The van der Waals surface area contributed by atoms with Crippen LogP contribution in [-0.4, -0.2) is 55.8 Å². The van der Waals surface area contributed by atoms with Crippen molar-refractivity contribution in [2.75, 3.05) is 32.9 Å². The van der Waals surface area contributed by atoms with Crippen molar-refractivity contribution >= 4 is 18.3 Å². The molecule has 148 valence electrons. The van der Waals surface area contributed by atoms with Crippen LogP contribution in [-0.2, 0) is 0 Å². The fourth-order valence-corrected chi connectivity index (χ4v) is 3.02. The first-order valence-electron chi connectivity index (χ1n) is 9.14. The van der Waals surface area contributed by atoms with Crippen molar-refractivity contribution in [3.63, 3.8) is 0 Å². The minimum absolute atomic E-state index is 0. The van der Waals surface area contributed by atoms with Gasteiger partial charge in [-0.3, -0.25) is 4.79 Å². The molecule has 0 radical (unpaired) electrons. The van der Waals surface area contributed by atoms with Crippen LogP contribution < -0.4 is 19.5 Å². The summed E-state index contributed by atoms with van der Waals surface area (Å²) in [6, 6.07) is 3.91. The van der Waals surface area contributed by atoms with Gasteiger partial charge in [0.2, 0.25) is 5.75 Å². The van der Waals surface area contributed by atoms with Gasteiger partial charge in [0.05, 0.1) is 19.8 Å². The number of rotatable bonds is 7. The number of benzene rings is 1. The summed E-state index contributed by atoms with van der Waals surface area (Å²) in [6.45, 7) is 12.9. The number of ether oxygens (including phenoxy) is 3. The first-order chi connectivity index (χ1) is 12.0. The third-order valence-electron chi connectivity index (χ3n) is 4.45. The minimum Gasteiger partial charge on any atom is -0.490 e. The van der Waals surface area contributed by atoms with E-state index in [1.54, 1.807) is 12.1 Å². The maximum absolute atomic E-state index is 13.1. The van der Waals surface area contributed by atoms with E-state index in [1.807, 2.05) is 25.7 Å². The Labute approximate surface area is 162 Å². The summed E-state index contributed by atoms with van der Waals surface area (Å²) in [5, 5.41) is 3.39. The van der Waals surface area contributed by atoms with Crippen molar-refractivity contribution in [3.8, 4) is 17.2 Å². The number of hydrogen-bond donors (Lipinski definition) is 1. The number of nitrogens with one attached hydrogen (secondary N) is 1. The Hall–Kier alpha value is -1.66. The average molecular weight is 387 g/mol. The number of hydrogen-bond acceptors (Lipinski definition) is 5. The molecule has 1 aromatic rings. The highest BCUT2D eigenvalue weighted by Crippen LogP contribution is 2.39. The van der Waals surface area contributed by atoms with Crippen molar-refractivity contribution in [1.82, 2.24) is 10.2 Å². The van der Waals surface area contributed by atoms with Gasteiger partial charge in [-0.25, -0.2) is 0 Å². The normalized spacial score (nSPS) is 19.5. The van der Waals surface area contributed by atoms with Crippen LogP contribution in [0.1, 0.15) is 45.0 Å². The second-order valence-corrected chi connectivity index (χ2v) is 6.08. The fourth-order valence-electron chi connectivity index (χ4n) is 3.02. The van der Waals surface area contributed by atoms with Crippen molar-refractivity contribution in [3.05, 3.63) is 17.7 Å². The maximum atomic E-state index is 13.1. The van der Waals surface area contributed by atoms with E-state index < -0.39 is 0 Å². The van der Waals surface area contributed by atoms with E-state index in [1.165, 1.54) is 0 Å². The number of carbonyl (C=O) groups is 1. The summed E-state index contributed by atoms with van der Waals surface area (Å²) in [4.78, 5) is 15.0. The highest BCUT2D eigenvalue weighted by molar-refractivity contribution is 5.96. The van der Waals surface area contributed by atoms with Gasteiger partial charge in [0.25, 0.3) is 5.91 Å². The predicted molar refractivity (Wildman–Crippen MR) is 105 cm³/mol. The molecule has 1 heterocycles. The smallest absolute Gasteiger partial charge is 0.254 e. The molecule has 0 aromatic heterocycles. The van der Waals surface area contributed by atoms with Gasteiger partial charge in [-0.1, -0.05) is 0 Å². The van der Waals surface area contributed by atoms with E-state index in [9.17, 15) is 4.79 Å². The lowest BCUT2D eigenvalue weighted by atomic mass is 10.0. The van der Waals surface area contributed by atoms with Crippen molar-refractivity contribution in [2.24, 2.45) is 0 Å². The molecular formula is C19H31ClN2O4. The molecule has 1 N–H and O–H groups in total. The Morgan fingerprint density at radius 1 is 1.08 bits per heavy atom. The van der Waals surface area contributed by atoms with Crippen LogP contribution in [0.15, 0.2) is 12.1 Å². The third-order valence-corrected chi connectivity index (χ3v) is 4.45. The molecule has 2 unspecified atom stereocenters. The van der Waals surface area contributed by atoms with Crippen LogP contribution >= 0.6 is 12.4 Å². The second kappa shape index (κ2) is 10.5. The Morgan fingerprint density at radius 2 is 1.62 bits per heavy atom. The van der Waals surface area contributed by atoms with Crippen LogP contribution in [0.4, 0.5) is 0 Å². The summed E-state index contributed by atoms with van der Waals surface area (Å²) in [7, 11) is 0. The molecule has 0 saturated carbocycles. The van der Waals surface area contributed by atoms with Gasteiger partial charge in [0.1, 0.15) is 0 Å². The van der Waals surface area contributed by atoms with Crippen molar-refractivity contribution in [2.45, 2.75) is 46.7 Å². The van der Waals surface area contributed by atoms with E-state index in [-0.39, 0.29) is 30.4 Å².